The number of imide groups is 1. The Kier molecular flexibility index (Phi) is 5.93. The van der Waals surface area contributed by atoms with E-state index < -0.39 is 0 Å². The van der Waals surface area contributed by atoms with Crippen molar-refractivity contribution in [3.63, 3.8) is 0 Å². The second-order valence-electron chi connectivity index (χ2n) is 9.08. The first kappa shape index (κ1) is 22.0. The fourth-order valence-electron chi connectivity index (χ4n) is 4.75. The lowest BCUT2D eigenvalue weighted by Crippen LogP contribution is -2.47. The molecule has 2 aliphatic rings. The number of piperazine rings is 1. The molecule has 1 saturated heterocycles. The maximum atomic E-state index is 13.7. The molecule has 5 rings (SSSR count). The zero-order chi connectivity index (χ0) is 23.7. The summed E-state index contributed by atoms with van der Waals surface area (Å²) < 4.78 is 0. The van der Waals surface area contributed by atoms with Crippen molar-refractivity contribution in [3.8, 4) is 0 Å². The molecular weight excluding hydrogens is 422 g/mol. The first-order valence-corrected chi connectivity index (χ1v) is 11.8. The molecule has 2 aliphatic heterocycles. The summed E-state index contributed by atoms with van der Waals surface area (Å²) in [4.78, 5) is 33.1. The number of anilines is 1. The van der Waals surface area contributed by atoms with Gasteiger partial charge in [0, 0.05) is 31.9 Å². The van der Waals surface area contributed by atoms with Crippen molar-refractivity contribution in [1.29, 1.82) is 0 Å². The van der Waals surface area contributed by atoms with Crippen molar-refractivity contribution >= 4 is 23.1 Å². The van der Waals surface area contributed by atoms with Crippen LogP contribution in [0.4, 0.5) is 5.69 Å². The van der Waals surface area contributed by atoms with E-state index in [1.165, 1.54) is 16.2 Å². The minimum absolute atomic E-state index is 0.201. The van der Waals surface area contributed by atoms with E-state index in [1.54, 1.807) is 0 Å². The zero-order valence-corrected chi connectivity index (χ0v) is 19.7. The van der Waals surface area contributed by atoms with E-state index >= 15 is 0 Å². The third kappa shape index (κ3) is 4.21. The highest BCUT2D eigenvalue weighted by molar-refractivity contribution is 6.35. The number of aryl methyl sites for hydroxylation is 2. The topological polar surface area (TPSA) is 43.9 Å². The van der Waals surface area contributed by atoms with Gasteiger partial charge in [0.2, 0.25) is 0 Å². The normalized spacial score (nSPS) is 16.6. The molecule has 1 fully saturated rings. The Labute approximate surface area is 200 Å². The number of nitrogens with zero attached hydrogens (tertiary/aromatic N) is 3. The molecule has 2 amide bonds. The minimum atomic E-state index is -0.215. The molecule has 5 nitrogen and oxygen atoms in total. The molecule has 5 heteroatoms. The van der Waals surface area contributed by atoms with E-state index in [0.717, 1.165) is 29.8 Å². The maximum Gasteiger partial charge on any atom is 0.278 e. The smallest absolute Gasteiger partial charge is 0.278 e. The predicted molar refractivity (Wildman–Crippen MR) is 135 cm³/mol. The first-order chi connectivity index (χ1) is 16.5. The standard InChI is InChI=1S/C29H29N3O2/c1-21-11-13-23(14-12-21)20-32-28(33)26(24-8-4-3-5-9-24)27(29(32)34)31-17-15-30(16-18-31)25-10-6-7-22(2)19-25/h3-14,19H,15-18,20H2,1-2H3. The SMILES string of the molecule is Cc1ccc(CN2C(=O)C(c3ccccc3)=C(N3CCN(c4cccc(C)c4)CC3)C2=O)cc1. The Morgan fingerprint density at radius 1 is 0.676 bits per heavy atom. The number of amides is 2. The number of benzene rings is 3. The molecular formula is C29H29N3O2. The van der Waals surface area contributed by atoms with Crippen molar-refractivity contribution < 1.29 is 9.59 Å². The molecule has 0 aliphatic carbocycles. The number of rotatable bonds is 5. The molecule has 3 aromatic rings. The Balaban J connectivity index is 1.43. The van der Waals surface area contributed by atoms with Gasteiger partial charge in [0.05, 0.1) is 12.1 Å². The van der Waals surface area contributed by atoms with Crippen molar-refractivity contribution in [2.45, 2.75) is 20.4 Å². The van der Waals surface area contributed by atoms with Gasteiger partial charge in [0.15, 0.2) is 0 Å². The van der Waals surface area contributed by atoms with Gasteiger partial charge in [-0.2, -0.15) is 0 Å². The third-order valence-corrected chi connectivity index (χ3v) is 6.63. The third-order valence-electron chi connectivity index (χ3n) is 6.63. The molecule has 3 aromatic carbocycles. The van der Waals surface area contributed by atoms with Gasteiger partial charge < -0.3 is 9.80 Å². The highest BCUT2D eigenvalue weighted by Gasteiger charge is 2.42. The molecule has 0 radical (unpaired) electrons. The Bertz CT molecular complexity index is 1240. The summed E-state index contributed by atoms with van der Waals surface area (Å²) in [5, 5.41) is 0. The minimum Gasteiger partial charge on any atom is -0.368 e. The summed E-state index contributed by atoms with van der Waals surface area (Å²) in [5.41, 5.74) is 6.38. The van der Waals surface area contributed by atoms with Crippen LogP contribution in [0, 0.1) is 13.8 Å². The maximum absolute atomic E-state index is 13.7. The molecule has 0 N–H and O–H groups in total. The van der Waals surface area contributed by atoms with Crippen LogP contribution < -0.4 is 4.90 Å². The van der Waals surface area contributed by atoms with Crippen LogP contribution in [0.1, 0.15) is 22.3 Å². The summed E-state index contributed by atoms with van der Waals surface area (Å²) in [5.74, 6) is -0.415. The van der Waals surface area contributed by atoms with Gasteiger partial charge in [0.1, 0.15) is 5.70 Å². The summed E-state index contributed by atoms with van der Waals surface area (Å²) in [7, 11) is 0. The lowest BCUT2D eigenvalue weighted by molar-refractivity contribution is -0.138. The van der Waals surface area contributed by atoms with Crippen LogP contribution >= 0.6 is 0 Å². The van der Waals surface area contributed by atoms with Crippen molar-refractivity contribution in [1.82, 2.24) is 9.80 Å². The molecule has 0 aromatic heterocycles. The fourth-order valence-corrected chi connectivity index (χ4v) is 4.75. The Morgan fingerprint density at radius 3 is 2.03 bits per heavy atom. The van der Waals surface area contributed by atoms with E-state index in [1.807, 2.05) is 61.5 Å². The van der Waals surface area contributed by atoms with Crippen molar-refractivity contribution in [2.75, 3.05) is 31.1 Å². The Morgan fingerprint density at radius 2 is 1.35 bits per heavy atom. The predicted octanol–water partition coefficient (Wildman–Crippen LogP) is 4.41. The molecule has 0 bridgehead atoms. The monoisotopic (exact) mass is 451 g/mol. The quantitative estimate of drug-likeness (QED) is 0.539. The van der Waals surface area contributed by atoms with Gasteiger partial charge in [-0.3, -0.25) is 14.5 Å². The fraction of sp³-hybridized carbons (Fsp3) is 0.241. The van der Waals surface area contributed by atoms with E-state index in [-0.39, 0.29) is 18.4 Å². The average Bonchev–Trinajstić information content (AvgIpc) is 3.11. The molecule has 0 unspecified atom stereocenters. The number of hydrogen-bond acceptors (Lipinski definition) is 4. The van der Waals surface area contributed by atoms with E-state index in [2.05, 4.69) is 41.0 Å². The first-order valence-electron chi connectivity index (χ1n) is 11.8. The van der Waals surface area contributed by atoms with Crippen LogP contribution in [0.25, 0.3) is 5.57 Å². The highest BCUT2D eigenvalue weighted by atomic mass is 16.2. The molecule has 172 valence electrons. The van der Waals surface area contributed by atoms with Crippen LogP contribution in [0.3, 0.4) is 0 Å². The van der Waals surface area contributed by atoms with Gasteiger partial charge in [-0.15, -0.1) is 0 Å². The van der Waals surface area contributed by atoms with E-state index in [9.17, 15) is 9.59 Å². The molecule has 0 atom stereocenters. The van der Waals surface area contributed by atoms with Crippen LogP contribution in [-0.2, 0) is 16.1 Å². The van der Waals surface area contributed by atoms with E-state index in [4.69, 9.17) is 0 Å². The van der Waals surface area contributed by atoms with Crippen LogP contribution in [0.2, 0.25) is 0 Å². The molecule has 34 heavy (non-hydrogen) atoms. The highest BCUT2D eigenvalue weighted by Crippen LogP contribution is 2.33. The lowest BCUT2D eigenvalue weighted by atomic mass is 10.0. The summed E-state index contributed by atoms with van der Waals surface area (Å²) >= 11 is 0. The molecule has 0 saturated carbocycles. The zero-order valence-electron chi connectivity index (χ0n) is 19.7. The van der Waals surface area contributed by atoms with Gasteiger partial charge in [-0.05, 0) is 42.7 Å². The van der Waals surface area contributed by atoms with Gasteiger partial charge in [-0.25, -0.2) is 0 Å². The number of carbonyl (C=O) groups is 2. The largest absolute Gasteiger partial charge is 0.368 e. The van der Waals surface area contributed by atoms with Gasteiger partial charge >= 0.3 is 0 Å². The van der Waals surface area contributed by atoms with Crippen LogP contribution in [-0.4, -0.2) is 47.8 Å². The lowest BCUT2D eigenvalue weighted by Gasteiger charge is -2.37. The summed E-state index contributed by atoms with van der Waals surface area (Å²) in [6.45, 7) is 7.39. The van der Waals surface area contributed by atoms with Gasteiger partial charge in [0.25, 0.3) is 11.8 Å². The van der Waals surface area contributed by atoms with Crippen molar-refractivity contribution in [3.05, 3.63) is 107 Å². The summed E-state index contributed by atoms with van der Waals surface area (Å²) in [6.07, 6.45) is 0. The summed E-state index contributed by atoms with van der Waals surface area (Å²) in [6, 6.07) is 26.1. The Hall–Kier alpha value is -3.86. The second kappa shape index (κ2) is 9.18. The number of carbonyl (C=O) groups excluding carboxylic acids is 2. The van der Waals surface area contributed by atoms with Crippen molar-refractivity contribution in [2.24, 2.45) is 0 Å². The molecule has 0 spiro atoms. The van der Waals surface area contributed by atoms with Gasteiger partial charge in [-0.1, -0.05) is 72.3 Å². The molecule has 2 heterocycles. The average molecular weight is 452 g/mol. The van der Waals surface area contributed by atoms with E-state index in [0.29, 0.717) is 24.4 Å². The van der Waals surface area contributed by atoms with Crippen LogP contribution in [0.15, 0.2) is 84.6 Å². The van der Waals surface area contributed by atoms with Crippen LogP contribution in [0.5, 0.6) is 0 Å². The second-order valence-corrected chi connectivity index (χ2v) is 9.08. The number of hydrogen-bond donors (Lipinski definition) is 0.